The highest BCUT2D eigenvalue weighted by Gasteiger charge is 2.48. The van der Waals surface area contributed by atoms with E-state index in [4.69, 9.17) is 0 Å². The van der Waals surface area contributed by atoms with Crippen molar-refractivity contribution < 1.29 is 25.8 Å². The van der Waals surface area contributed by atoms with Gasteiger partial charge in [0, 0.05) is 5.56 Å². The molecule has 0 saturated heterocycles. The normalized spacial score (nSPS) is 12.5. The van der Waals surface area contributed by atoms with Crippen molar-refractivity contribution >= 4 is 31.7 Å². The van der Waals surface area contributed by atoms with Crippen LogP contribution in [0.3, 0.4) is 0 Å². The average Bonchev–Trinajstić information content (AvgIpc) is 2.90. The third kappa shape index (κ3) is 3.15. The van der Waals surface area contributed by atoms with Crippen LogP contribution in [0.5, 0.6) is 5.75 Å². The molecule has 1 aromatic heterocycles. The summed E-state index contributed by atoms with van der Waals surface area (Å²) in [6, 6.07) is 12.7. The number of rotatable bonds is 3. The van der Waals surface area contributed by atoms with E-state index in [2.05, 4.69) is 9.17 Å². The zero-order valence-corrected chi connectivity index (χ0v) is 12.9. The first-order valence-electron chi connectivity index (χ1n) is 6.23. The Balaban J connectivity index is 1.97. The molecule has 120 valence electrons. The lowest BCUT2D eigenvalue weighted by Crippen LogP contribution is -2.28. The number of nitrogens with zero attached hydrogens (tertiary/aromatic N) is 1. The number of aromatic nitrogens is 1. The molecule has 2 aromatic carbocycles. The number of thiazole rings is 1. The van der Waals surface area contributed by atoms with E-state index in [0.717, 1.165) is 16.3 Å². The van der Waals surface area contributed by atoms with Gasteiger partial charge in [-0.1, -0.05) is 24.3 Å². The SMILES string of the molecule is O=S(=O)(Oc1cccc(-c2nc3ccccc3s2)c1)C(F)(F)F. The van der Waals surface area contributed by atoms with Gasteiger partial charge in [0.15, 0.2) is 0 Å². The molecule has 0 aliphatic rings. The van der Waals surface area contributed by atoms with Crippen LogP contribution in [0.2, 0.25) is 0 Å². The van der Waals surface area contributed by atoms with E-state index in [1.807, 2.05) is 24.3 Å². The zero-order valence-electron chi connectivity index (χ0n) is 11.2. The van der Waals surface area contributed by atoms with Crippen molar-refractivity contribution in [2.45, 2.75) is 5.51 Å². The zero-order chi connectivity index (χ0) is 16.7. The topological polar surface area (TPSA) is 56.3 Å². The highest BCUT2D eigenvalue weighted by atomic mass is 32.2. The van der Waals surface area contributed by atoms with Crippen molar-refractivity contribution in [3.8, 4) is 16.3 Å². The molecule has 9 heteroatoms. The Bertz CT molecular complexity index is 932. The third-order valence-electron chi connectivity index (χ3n) is 2.86. The molecule has 3 aromatic rings. The van der Waals surface area contributed by atoms with Gasteiger partial charge in [0.1, 0.15) is 10.8 Å². The van der Waals surface area contributed by atoms with Gasteiger partial charge in [-0.05, 0) is 24.3 Å². The Morgan fingerprint density at radius 1 is 1.04 bits per heavy atom. The van der Waals surface area contributed by atoms with Gasteiger partial charge in [-0.15, -0.1) is 11.3 Å². The largest absolute Gasteiger partial charge is 0.534 e. The number of hydrogen-bond donors (Lipinski definition) is 0. The van der Waals surface area contributed by atoms with Gasteiger partial charge in [0.25, 0.3) is 0 Å². The van der Waals surface area contributed by atoms with Gasteiger partial charge >= 0.3 is 15.6 Å². The minimum absolute atomic E-state index is 0.418. The lowest BCUT2D eigenvalue weighted by Gasteiger charge is -2.09. The Labute approximate surface area is 133 Å². The highest BCUT2D eigenvalue weighted by molar-refractivity contribution is 7.88. The molecular weight excluding hydrogens is 351 g/mol. The van der Waals surface area contributed by atoms with Crippen molar-refractivity contribution in [2.75, 3.05) is 0 Å². The van der Waals surface area contributed by atoms with Crippen LogP contribution in [0.15, 0.2) is 48.5 Å². The maximum absolute atomic E-state index is 12.4. The van der Waals surface area contributed by atoms with Crippen molar-refractivity contribution in [2.24, 2.45) is 0 Å². The molecule has 0 fully saturated rings. The molecule has 0 radical (unpaired) electrons. The summed E-state index contributed by atoms with van der Waals surface area (Å²) in [6.45, 7) is 0. The summed E-state index contributed by atoms with van der Waals surface area (Å²) < 4.78 is 64.2. The molecule has 0 aliphatic carbocycles. The van der Waals surface area contributed by atoms with Crippen LogP contribution in [0.4, 0.5) is 13.2 Å². The van der Waals surface area contributed by atoms with E-state index in [1.54, 1.807) is 6.07 Å². The van der Waals surface area contributed by atoms with Crippen molar-refractivity contribution in [1.82, 2.24) is 4.98 Å². The van der Waals surface area contributed by atoms with E-state index in [-0.39, 0.29) is 0 Å². The molecule has 0 spiro atoms. The van der Waals surface area contributed by atoms with Gasteiger partial charge in [0.2, 0.25) is 0 Å². The number of hydrogen-bond acceptors (Lipinski definition) is 5. The van der Waals surface area contributed by atoms with Crippen LogP contribution in [0.1, 0.15) is 0 Å². The first-order valence-corrected chi connectivity index (χ1v) is 8.45. The van der Waals surface area contributed by atoms with E-state index in [1.165, 1.54) is 23.5 Å². The summed E-state index contributed by atoms with van der Waals surface area (Å²) in [5, 5.41) is 0.557. The molecular formula is C14H8F3NO3S2. The Hall–Kier alpha value is -2.13. The molecule has 0 unspecified atom stereocenters. The monoisotopic (exact) mass is 359 g/mol. The lowest BCUT2D eigenvalue weighted by atomic mass is 10.2. The fourth-order valence-corrected chi connectivity index (χ4v) is 3.26. The number of para-hydroxylation sites is 1. The summed E-state index contributed by atoms with van der Waals surface area (Å²) in [4.78, 5) is 4.36. The second-order valence-electron chi connectivity index (χ2n) is 4.50. The standard InChI is InChI=1S/C14H8F3NO3S2/c15-14(16,17)23(19,20)21-10-5-3-4-9(8-10)13-18-11-6-1-2-7-12(11)22-13/h1-8H. The first-order chi connectivity index (χ1) is 10.8. The van der Waals surface area contributed by atoms with E-state index in [0.29, 0.717) is 10.6 Å². The Kier molecular flexibility index (Phi) is 3.77. The third-order valence-corrected chi connectivity index (χ3v) is 4.93. The predicted molar refractivity (Wildman–Crippen MR) is 80.7 cm³/mol. The molecule has 23 heavy (non-hydrogen) atoms. The van der Waals surface area contributed by atoms with Gasteiger partial charge in [0.05, 0.1) is 10.2 Å². The molecule has 0 aliphatic heterocycles. The summed E-state index contributed by atoms with van der Waals surface area (Å²) in [7, 11) is -5.69. The van der Waals surface area contributed by atoms with Gasteiger partial charge < -0.3 is 4.18 Å². The van der Waals surface area contributed by atoms with Crippen LogP contribution >= 0.6 is 11.3 Å². The molecule has 3 rings (SSSR count). The Morgan fingerprint density at radius 3 is 2.48 bits per heavy atom. The van der Waals surface area contributed by atoms with Gasteiger partial charge in [-0.3, -0.25) is 0 Å². The first kappa shape index (κ1) is 15.8. The second-order valence-corrected chi connectivity index (χ2v) is 7.07. The number of fused-ring (bicyclic) bond motifs is 1. The van der Waals surface area contributed by atoms with Crippen LogP contribution < -0.4 is 4.18 Å². The quantitative estimate of drug-likeness (QED) is 0.520. The van der Waals surface area contributed by atoms with Crippen molar-refractivity contribution in [3.63, 3.8) is 0 Å². The van der Waals surface area contributed by atoms with Crippen LogP contribution in [-0.4, -0.2) is 18.9 Å². The summed E-state index contributed by atoms with van der Waals surface area (Å²) in [5.41, 5.74) is -4.25. The van der Waals surface area contributed by atoms with E-state index in [9.17, 15) is 21.6 Å². The fraction of sp³-hybridized carbons (Fsp3) is 0.0714. The summed E-state index contributed by atoms with van der Waals surface area (Å²) in [6.07, 6.45) is 0. The molecule has 0 saturated carbocycles. The molecule has 1 heterocycles. The molecule has 0 amide bonds. The molecule has 4 nitrogen and oxygen atoms in total. The smallest absolute Gasteiger partial charge is 0.376 e. The highest BCUT2D eigenvalue weighted by Crippen LogP contribution is 2.33. The maximum Gasteiger partial charge on any atom is 0.534 e. The van der Waals surface area contributed by atoms with Crippen LogP contribution in [-0.2, 0) is 10.1 Å². The van der Waals surface area contributed by atoms with Gasteiger partial charge in [-0.2, -0.15) is 21.6 Å². The lowest BCUT2D eigenvalue weighted by molar-refractivity contribution is -0.0500. The van der Waals surface area contributed by atoms with Crippen LogP contribution in [0.25, 0.3) is 20.8 Å². The molecule has 0 atom stereocenters. The minimum atomic E-state index is -5.69. The van der Waals surface area contributed by atoms with Crippen LogP contribution in [0, 0.1) is 0 Å². The van der Waals surface area contributed by atoms with E-state index < -0.39 is 21.4 Å². The number of alkyl halides is 3. The molecule has 0 N–H and O–H groups in total. The van der Waals surface area contributed by atoms with Gasteiger partial charge in [-0.25, -0.2) is 4.98 Å². The predicted octanol–water partition coefficient (Wildman–Crippen LogP) is 4.19. The summed E-state index contributed by atoms with van der Waals surface area (Å²) in [5.74, 6) is -0.418. The number of halogens is 3. The second kappa shape index (κ2) is 5.50. The van der Waals surface area contributed by atoms with E-state index >= 15 is 0 Å². The van der Waals surface area contributed by atoms with Crippen molar-refractivity contribution in [3.05, 3.63) is 48.5 Å². The minimum Gasteiger partial charge on any atom is -0.376 e. The van der Waals surface area contributed by atoms with Crippen molar-refractivity contribution in [1.29, 1.82) is 0 Å². The fourth-order valence-electron chi connectivity index (χ4n) is 1.85. The summed E-state index contributed by atoms with van der Waals surface area (Å²) >= 11 is 1.34. The number of benzene rings is 2. The maximum atomic E-state index is 12.4. The average molecular weight is 359 g/mol. The molecule has 0 bridgehead atoms. The Morgan fingerprint density at radius 2 is 1.78 bits per heavy atom.